The number of hydrogen-bond acceptors (Lipinski definition) is 0. The molecule has 0 N–H and O–H groups in total. The molecular weight excluding hydrogens is 172 g/mol. The zero-order valence-electron chi connectivity index (χ0n) is 9.59. The summed E-state index contributed by atoms with van der Waals surface area (Å²) in [5, 5.41) is 0. The van der Waals surface area contributed by atoms with Gasteiger partial charge in [-0.1, -0.05) is 57.3 Å². The van der Waals surface area contributed by atoms with Crippen LogP contribution in [0.25, 0.3) is 0 Å². The SMILES string of the molecule is CCC(C)C1=CC=CC1[Si](C)(C)C. The molecule has 74 valence electrons. The summed E-state index contributed by atoms with van der Waals surface area (Å²) in [6, 6.07) is 0. The average Bonchev–Trinajstić information content (AvgIpc) is 2.49. The largest absolute Gasteiger partial charge is 0.0801 e. The quantitative estimate of drug-likeness (QED) is 0.590. The molecule has 0 saturated carbocycles. The van der Waals surface area contributed by atoms with Gasteiger partial charge in [-0.15, -0.1) is 0 Å². The third kappa shape index (κ3) is 2.34. The lowest BCUT2D eigenvalue weighted by atomic mass is 9.97. The van der Waals surface area contributed by atoms with Crippen molar-refractivity contribution in [2.45, 2.75) is 45.5 Å². The summed E-state index contributed by atoms with van der Waals surface area (Å²) in [6.45, 7) is 12.0. The Labute approximate surface area is 83.7 Å². The Bertz CT molecular complexity index is 230. The first kappa shape index (κ1) is 10.8. The van der Waals surface area contributed by atoms with Gasteiger partial charge in [0.25, 0.3) is 0 Å². The molecule has 0 spiro atoms. The van der Waals surface area contributed by atoms with Gasteiger partial charge in [0.05, 0.1) is 8.07 Å². The molecule has 13 heavy (non-hydrogen) atoms. The fourth-order valence-electron chi connectivity index (χ4n) is 1.99. The first-order valence-corrected chi connectivity index (χ1v) is 8.92. The van der Waals surface area contributed by atoms with Crippen LogP contribution >= 0.6 is 0 Å². The van der Waals surface area contributed by atoms with Crippen molar-refractivity contribution in [1.29, 1.82) is 0 Å². The van der Waals surface area contributed by atoms with Crippen LogP contribution in [0, 0.1) is 5.92 Å². The van der Waals surface area contributed by atoms with E-state index in [1.54, 1.807) is 5.57 Å². The summed E-state index contributed by atoms with van der Waals surface area (Å²) in [4.78, 5) is 0. The topological polar surface area (TPSA) is 0 Å². The molecule has 0 amide bonds. The van der Waals surface area contributed by atoms with E-state index in [4.69, 9.17) is 0 Å². The van der Waals surface area contributed by atoms with Gasteiger partial charge in [-0.2, -0.15) is 0 Å². The number of allylic oxidation sites excluding steroid dienone is 4. The monoisotopic (exact) mass is 194 g/mol. The van der Waals surface area contributed by atoms with Crippen molar-refractivity contribution < 1.29 is 0 Å². The van der Waals surface area contributed by atoms with Gasteiger partial charge in [0.1, 0.15) is 0 Å². The van der Waals surface area contributed by atoms with Crippen LogP contribution in [0.3, 0.4) is 0 Å². The second kappa shape index (κ2) is 3.83. The summed E-state index contributed by atoms with van der Waals surface area (Å²) in [7, 11) is -1.02. The molecular formula is C12H22Si. The fraction of sp³-hybridized carbons (Fsp3) is 0.667. The highest BCUT2D eigenvalue weighted by molar-refractivity contribution is 6.78. The highest BCUT2D eigenvalue weighted by atomic mass is 28.3. The van der Waals surface area contributed by atoms with Gasteiger partial charge < -0.3 is 0 Å². The standard InChI is InChI=1S/C12H22Si/c1-6-10(2)11-8-7-9-12(11)13(3,4)5/h7-10,12H,6H2,1-5H3. The maximum atomic E-state index is 2.46. The van der Waals surface area contributed by atoms with Crippen molar-refractivity contribution in [3.63, 3.8) is 0 Å². The lowest BCUT2D eigenvalue weighted by molar-refractivity contribution is 0.642. The molecule has 0 fully saturated rings. The van der Waals surface area contributed by atoms with Crippen LogP contribution in [0.2, 0.25) is 25.2 Å². The second-order valence-electron chi connectivity index (χ2n) is 5.20. The predicted octanol–water partition coefficient (Wildman–Crippen LogP) is 4.24. The maximum Gasteiger partial charge on any atom is 0.0561 e. The van der Waals surface area contributed by atoms with Gasteiger partial charge >= 0.3 is 0 Å². The minimum absolute atomic E-state index is 0.770. The van der Waals surface area contributed by atoms with E-state index in [0.29, 0.717) is 0 Å². The van der Waals surface area contributed by atoms with E-state index in [2.05, 4.69) is 51.7 Å². The molecule has 0 radical (unpaired) electrons. The Kier molecular flexibility index (Phi) is 3.17. The summed E-state index contributed by atoms with van der Waals surface area (Å²) in [6.07, 6.45) is 8.28. The van der Waals surface area contributed by atoms with Gasteiger partial charge in [0.15, 0.2) is 0 Å². The van der Waals surface area contributed by atoms with Crippen LogP contribution in [-0.4, -0.2) is 8.07 Å². The number of rotatable bonds is 3. The van der Waals surface area contributed by atoms with Crippen molar-refractivity contribution in [2.75, 3.05) is 0 Å². The first-order chi connectivity index (χ1) is 5.96. The Morgan fingerprint density at radius 3 is 2.46 bits per heavy atom. The molecule has 2 unspecified atom stereocenters. The van der Waals surface area contributed by atoms with Crippen molar-refractivity contribution in [1.82, 2.24) is 0 Å². The van der Waals surface area contributed by atoms with Crippen molar-refractivity contribution in [3.05, 3.63) is 23.8 Å². The maximum absolute atomic E-state index is 2.46. The zero-order chi connectivity index (χ0) is 10.1. The molecule has 1 heteroatoms. The fourth-order valence-corrected chi connectivity index (χ4v) is 4.06. The van der Waals surface area contributed by atoms with Gasteiger partial charge in [-0.05, 0) is 17.9 Å². The van der Waals surface area contributed by atoms with Crippen LogP contribution < -0.4 is 0 Å². The van der Waals surface area contributed by atoms with E-state index in [9.17, 15) is 0 Å². The summed E-state index contributed by atoms with van der Waals surface area (Å²) < 4.78 is 0. The molecule has 0 aromatic rings. The Hall–Kier alpha value is -0.303. The van der Waals surface area contributed by atoms with Crippen molar-refractivity contribution in [2.24, 2.45) is 5.92 Å². The minimum Gasteiger partial charge on any atom is -0.0801 e. The molecule has 0 bridgehead atoms. The normalized spacial score (nSPS) is 24.7. The Morgan fingerprint density at radius 1 is 1.38 bits per heavy atom. The summed E-state index contributed by atoms with van der Waals surface area (Å²) in [5.41, 5.74) is 2.48. The highest BCUT2D eigenvalue weighted by Gasteiger charge is 2.30. The molecule has 1 rings (SSSR count). The molecule has 0 nitrogen and oxygen atoms in total. The first-order valence-electron chi connectivity index (χ1n) is 5.35. The minimum atomic E-state index is -1.02. The van der Waals surface area contributed by atoms with Crippen molar-refractivity contribution >= 4 is 8.07 Å². The summed E-state index contributed by atoms with van der Waals surface area (Å²) >= 11 is 0. The van der Waals surface area contributed by atoms with Crippen LogP contribution in [0.4, 0.5) is 0 Å². The zero-order valence-corrected chi connectivity index (χ0v) is 10.6. The Balaban J connectivity index is 2.79. The van der Waals surface area contributed by atoms with E-state index < -0.39 is 8.07 Å². The third-order valence-corrected chi connectivity index (χ3v) is 5.46. The molecule has 0 heterocycles. The van der Waals surface area contributed by atoms with E-state index >= 15 is 0 Å². The summed E-state index contributed by atoms with van der Waals surface area (Å²) in [5.74, 6) is 0.770. The van der Waals surface area contributed by atoms with E-state index in [-0.39, 0.29) is 0 Å². The highest BCUT2D eigenvalue weighted by Crippen LogP contribution is 2.39. The van der Waals surface area contributed by atoms with Gasteiger partial charge in [0, 0.05) is 0 Å². The molecule has 0 aromatic heterocycles. The van der Waals surface area contributed by atoms with Gasteiger partial charge in [-0.3, -0.25) is 0 Å². The average molecular weight is 194 g/mol. The molecule has 1 aliphatic carbocycles. The lowest BCUT2D eigenvalue weighted by Crippen LogP contribution is -2.28. The van der Waals surface area contributed by atoms with E-state index in [0.717, 1.165) is 11.5 Å². The van der Waals surface area contributed by atoms with Crippen LogP contribution in [-0.2, 0) is 0 Å². The van der Waals surface area contributed by atoms with Gasteiger partial charge in [0.2, 0.25) is 0 Å². The van der Waals surface area contributed by atoms with E-state index in [1.165, 1.54) is 6.42 Å². The van der Waals surface area contributed by atoms with Gasteiger partial charge in [-0.25, -0.2) is 0 Å². The second-order valence-corrected chi connectivity index (χ2v) is 10.6. The molecule has 0 aliphatic heterocycles. The van der Waals surface area contributed by atoms with Crippen LogP contribution in [0.1, 0.15) is 20.3 Å². The van der Waals surface area contributed by atoms with Crippen molar-refractivity contribution in [3.8, 4) is 0 Å². The van der Waals surface area contributed by atoms with Crippen LogP contribution in [0.15, 0.2) is 23.8 Å². The van der Waals surface area contributed by atoms with E-state index in [1.807, 2.05) is 0 Å². The molecule has 0 aromatic carbocycles. The third-order valence-electron chi connectivity index (χ3n) is 3.07. The molecule has 2 atom stereocenters. The molecule has 1 aliphatic rings. The lowest BCUT2D eigenvalue weighted by Gasteiger charge is -2.29. The predicted molar refractivity (Wildman–Crippen MR) is 63.8 cm³/mol. The Morgan fingerprint density at radius 2 is 2.00 bits per heavy atom. The smallest absolute Gasteiger partial charge is 0.0561 e. The van der Waals surface area contributed by atoms with Crippen LogP contribution in [0.5, 0.6) is 0 Å². The number of hydrogen-bond donors (Lipinski definition) is 0. The molecule has 0 saturated heterocycles.